The van der Waals surface area contributed by atoms with Gasteiger partial charge in [0.05, 0.1) is 6.54 Å². The van der Waals surface area contributed by atoms with Crippen molar-refractivity contribution in [1.29, 1.82) is 0 Å². The molecule has 4 heteroatoms. The van der Waals surface area contributed by atoms with E-state index in [4.69, 9.17) is 4.52 Å². The van der Waals surface area contributed by atoms with E-state index in [0.29, 0.717) is 6.54 Å². The van der Waals surface area contributed by atoms with Crippen LogP contribution in [-0.2, 0) is 13.0 Å². The first kappa shape index (κ1) is 7.73. The SMILES string of the molecule is CNCc1noc(CC2CC2)n1. The van der Waals surface area contributed by atoms with E-state index in [1.165, 1.54) is 12.8 Å². The highest BCUT2D eigenvalue weighted by molar-refractivity contribution is 4.90. The van der Waals surface area contributed by atoms with Crippen LogP contribution in [0.2, 0.25) is 0 Å². The van der Waals surface area contributed by atoms with E-state index in [0.717, 1.165) is 24.1 Å². The lowest BCUT2D eigenvalue weighted by molar-refractivity contribution is 0.367. The van der Waals surface area contributed by atoms with Crippen molar-refractivity contribution in [3.8, 4) is 0 Å². The van der Waals surface area contributed by atoms with E-state index in [9.17, 15) is 0 Å². The molecule has 1 aliphatic carbocycles. The van der Waals surface area contributed by atoms with E-state index in [2.05, 4.69) is 15.5 Å². The molecule has 2 rings (SSSR count). The van der Waals surface area contributed by atoms with Crippen LogP contribution in [0.25, 0.3) is 0 Å². The van der Waals surface area contributed by atoms with Gasteiger partial charge in [0.2, 0.25) is 5.89 Å². The Morgan fingerprint density at radius 1 is 1.58 bits per heavy atom. The minimum absolute atomic E-state index is 0.689. The molecular formula is C8H13N3O. The normalized spacial score (nSPS) is 16.8. The molecule has 0 atom stereocenters. The maximum atomic E-state index is 5.07. The lowest BCUT2D eigenvalue weighted by Crippen LogP contribution is -2.06. The van der Waals surface area contributed by atoms with Crippen LogP contribution in [0.1, 0.15) is 24.6 Å². The predicted octanol–water partition coefficient (Wildman–Crippen LogP) is 0.741. The fraction of sp³-hybridized carbons (Fsp3) is 0.750. The molecule has 1 aromatic heterocycles. The fourth-order valence-corrected chi connectivity index (χ4v) is 1.17. The molecule has 1 aliphatic rings. The van der Waals surface area contributed by atoms with Gasteiger partial charge < -0.3 is 9.84 Å². The van der Waals surface area contributed by atoms with Crippen LogP contribution in [0, 0.1) is 5.92 Å². The Balaban J connectivity index is 1.92. The average Bonchev–Trinajstić information content (AvgIpc) is 2.74. The van der Waals surface area contributed by atoms with Crippen molar-refractivity contribution in [2.75, 3.05) is 7.05 Å². The number of aromatic nitrogens is 2. The van der Waals surface area contributed by atoms with Crippen LogP contribution in [0.15, 0.2) is 4.52 Å². The molecule has 12 heavy (non-hydrogen) atoms. The third-order valence-corrected chi connectivity index (χ3v) is 2.01. The summed E-state index contributed by atoms with van der Waals surface area (Å²) in [7, 11) is 1.87. The quantitative estimate of drug-likeness (QED) is 0.718. The molecule has 0 spiro atoms. The second kappa shape index (κ2) is 3.23. The van der Waals surface area contributed by atoms with Gasteiger partial charge in [0, 0.05) is 6.42 Å². The van der Waals surface area contributed by atoms with Crippen LogP contribution in [0.5, 0.6) is 0 Å². The summed E-state index contributed by atoms with van der Waals surface area (Å²) in [5.74, 6) is 2.36. The topological polar surface area (TPSA) is 51.0 Å². The number of nitrogens with one attached hydrogen (secondary N) is 1. The summed E-state index contributed by atoms with van der Waals surface area (Å²) in [6.45, 7) is 0.689. The summed E-state index contributed by atoms with van der Waals surface area (Å²) in [5.41, 5.74) is 0. The summed E-state index contributed by atoms with van der Waals surface area (Å²) in [6, 6.07) is 0. The highest BCUT2D eigenvalue weighted by atomic mass is 16.5. The van der Waals surface area contributed by atoms with Crippen molar-refractivity contribution in [1.82, 2.24) is 15.5 Å². The van der Waals surface area contributed by atoms with Gasteiger partial charge in [-0.25, -0.2) is 0 Å². The molecule has 1 fully saturated rings. The number of nitrogens with zero attached hydrogens (tertiary/aromatic N) is 2. The van der Waals surface area contributed by atoms with Crippen LogP contribution < -0.4 is 5.32 Å². The number of hydrogen-bond donors (Lipinski definition) is 1. The Hall–Kier alpha value is -0.900. The lowest BCUT2D eigenvalue weighted by Gasteiger charge is -1.87. The molecule has 0 bridgehead atoms. The average molecular weight is 167 g/mol. The molecule has 0 saturated heterocycles. The maximum absolute atomic E-state index is 5.07. The van der Waals surface area contributed by atoms with Crippen molar-refractivity contribution in [2.24, 2.45) is 5.92 Å². The van der Waals surface area contributed by atoms with E-state index >= 15 is 0 Å². The van der Waals surface area contributed by atoms with Gasteiger partial charge in [0.1, 0.15) is 0 Å². The summed E-state index contributed by atoms with van der Waals surface area (Å²) >= 11 is 0. The summed E-state index contributed by atoms with van der Waals surface area (Å²) in [6.07, 6.45) is 3.62. The molecule has 66 valence electrons. The molecule has 0 amide bonds. The van der Waals surface area contributed by atoms with Crippen LogP contribution in [0.4, 0.5) is 0 Å². The Bertz CT molecular complexity index is 255. The van der Waals surface area contributed by atoms with Crippen molar-refractivity contribution in [3.05, 3.63) is 11.7 Å². The van der Waals surface area contributed by atoms with Gasteiger partial charge >= 0.3 is 0 Å². The molecular weight excluding hydrogens is 154 g/mol. The maximum Gasteiger partial charge on any atom is 0.226 e. The lowest BCUT2D eigenvalue weighted by atomic mass is 10.3. The first-order valence-corrected chi connectivity index (χ1v) is 4.34. The third kappa shape index (κ3) is 1.82. The minimum atomic E-state index is 0.689. The zero-order chi connectivity index (χ0) is 8.39. The third-order valence-electron chi connectivity index (χ3n) is 2.01. The summed E-state index contributed by atoms with van der Waals surface area (Å²) in [5, 5.41) is 6.82. The van der Waals surface area contributed by atoms with E-state index in [-0.39, 0.29) is 0 Å². The van der Waals surface area contributed by atoms with Gasteiger partial charge in [0.25, 0.3) is 0 Å². The predicted molar refractivity (Wildman–Crippen MR) is 43.5 cm³/mol. The van der Waals surface area contributed by atoms with Gasteiger partial charge in [-0.3, -0.25) is 0 Å². The zero-order valence-electron chi connectivity index (χ0n) is 7.21. The smallest absolute Gasteiger partial charge is 0.226 e. The van der Waals surface area contributed by atoms with Crippen molar-refractivity contribution >= 4 is 0 Å². The largest absolute Gasteiger partial charge is 0.339 e. The zero-order valence-corrected chi connectivity index (χ0v) is 7.21. The summed E-state index contributed by atoms with van der Waals surface area (Å²) < 4.78 is 5.07. The monoisotopic (exact) mass is 167 g/mol. The molecule has 1 N–H and O–H groups in total. The standard InChI is InChI=1S/C8H13N3O/c1-9-5-7-10-8(12-11-7)4-6-2-3-6/h6,9H,2-5H2,1H3. The van der Waals surface area contributed by atoms with Gasteiger partial charge in [0.15, 0.2) is 5.82 Å². The Morgan fingerprint density at radius 2 is 2.42 bits per heavy atom. The highest BCUT2D eigenvalue weighted by Gasteiger charge is 2.24. The van der Waals surface area contributed by atoms with Gasteiger partial charge in [-0.15, -0.1) is 0 Å². The van der Waals surface area contributed by atoms with Gasteiger partial charge in [-0.2, -0.15) is 4.98 Å². The first-order chi connectivity index (χ1) is 5.88. The first-order valence-electron chi connectivity index (χ1n) is 4.34. The minimum Gasteiger partial charge on any atom is -0.339 e. The Kier molecular flexibility index (Phi) is 2.08. The molecule has 0 aromatic carbocycles. The molecule has 1 heterocycles. The Labute approximate surface area is 71.4 Å². The molecule has 1 aromatic rings. The second-order valence-electron chi connectivity index (χ2n) is 3.28. The number of rotatable bonds is 4. The van der Waals surface area contributed by atoms with E-state index in [1.54, 1.807) is 0 Å². The van der Waals surface area contributed by atoms with Crippen LogP contribution >= 0.6 is 0 Å². The van der Waals surface area contributed by atoms with Gasteiger partial charge in [-0.05, 0) is 25.8 Å². The molecule has 0 radical (unpaired) electrons. The molecule has 0 unspecified atom stereocenters. The summed E-state index contributed by atoms with van der Waals surface area (Å²) in [4.78, 5) is 4.24. The highest BCUT2D eigenvalue weighted by Crippen LogP contribution is 2.31. The Morgan fingerprint density at radius 3 is 3.08 bits per heavy atom. The number of hydrogen-bond acceptors (Lipinski definition) is 4. The van der Waals surface area contributed by atoms with Crippen LogP contribution in [-0.4, -0.2) is 17.2 Å². The molecule has 0 aliphatic heterocycles. The second-order valence-corrected chi connectivity index (χ2v) is 3.28. The van der Waals surface area contributed by atoms with Crippen LogP contribution in [0.3, 0.4) is 0 Å². The fourth-order valence-electron chi connectivity index (χ4n) is 1.17. The van der Waals surface area contributed by atoms with E-state index in [1.807, 2.05) is 7.05 Å². The van der Waals surface area contributed by atoms with Crippen molar-refractivity contribution in [2.45, 2.75) is 25.8 Å². The van der Waals surface area contributed by atoms with E-state index < -0.39 is 0 Å². The molecule has 4 nitrogen and oxygen atoms in total. The molecule has 1 saturated carbocycles. The van der Waals surface area contributed by atoms with Crippen molar-refractivity contribution < 1.29 is 4.52 Å². The van der Waals surface area contributed by atoms with Gasteiger partial charge in [-0.1, -0.05) is 5.16 Å². The van der Waals surface area contributed by atoms with Crippen molar-refractivity contribution in [3.63, 3.8) is 0 Å².